The van der Waals surface area contributed by atoms with E-state index in [1.54, 1.807) is 36.4 Å². The Balaban J connectivity index is 1.39. The van der Waals surface area contributed by atoms with Crippen molar-refractivity contribution in [3.63, 3.8) is 0 Å². The minimum absolute atomic E-state index is 0.0742. The van der Waals surface area contributed by atoms with E-state index in [1.807, 2.05) is 48.5 Å². The minimum atomic E-state index is -3.87. The number of para-hydroxylation sites is 1. The van der Waals surface area contributed by atoms with E-state index in [0.717, 1.165) is 30.9 Å². The maximum Gasteiger partial charge on any atom is 0.261 e. The Morgan fingerprint density at radius 3 is 2.24 bits per heavy atom. The van der Waals surface area contributed by atoms with Crippen LogP contribution in [0.25, 0.3) is 10.9 Å². The zero-order valence-electron chi connectivity index (χ0n) is 22.6. The van der Waals surface area contributed by atoms with Gasteiger partial charge in [0.15, 0.2) is 5.88 Å². The molecule has 1 aliphatic heterocycles. The third-order valence-corrected chi connectivity index (χ3v) is 8.78. The Hall–Kier alpha value is -4.40. The molecule has 1 aromatic heterocycles. The van der Waals surface area contributed by atoms with Gasteiger partial charge < -0.3 is 10.1 Å². The Morgan fingerprint density at radius 1 is 0.854 bits per heavy atom. The van der Waals surface area contributed by atoms with Crippen molar-refractivity contribution in [3.05, 3.63) is 120 Å². The molecular formula is C33H32N4O3S. The van der Waals surface area contributed by atoms with Crippen molar-refractivity contribution in [2.45, 2.75) is 30.7 Å². The topological polar surface area (TPSA) is 97.8 Å². The van der Waals surface area contributed by atoms with Crippen LogP contribution in [0.3, 0.4) is 0 Å². The maximum atomic E-state index is 13.3. The minimum Gasteiger partial charge on any atom is -0.494 e. The molecule has 1 aliphatic rings. The van der Waals surface area contributed by atoms with E-state index in [9.17, 15) is 13.5 Å². The molecule has 7 nitrogen and oxygen atoms in total. The lowest BCUT2D eigenvalue weighted by Gasteiger charge is -2.26. The van der Waals surface area contributed by atoms with E-state index < -0.39 is 10.0 Å². The van der Waals surface area contributed by atoms with Crippen molar-refractivity contribution in [2.24, 2.45) is 4.99 Å². The lowest BCUT2D eigenvalue weighted by atomic mass is 10.0. The Morgan fingerprint density at radius 2 is 1.54 bits per heavy atom. The molecule has 3 N–H and O–H groups in total. The fraction of sp³-hybridized carbons (Fsp3) is 0.182. The Labute approximate surface area is 240 Å². The van der Waals surface area contributed by atoms with Gasteiger partial charge >= 0.3 is 0 Å². The summed E-state index contributed by atoms with van der Waals surface area (Å²) in [6, 6.07) is 31.3. The molecule has 0 atom stereocenters. The summed E-state index contributed by atoms with van der Waals surface area (Å²) >= 11 is 0. The molecule has 4 aromatic carbocycles. The number of anilines is 1. The first-order valence-electron chi connectivity index (χ1n) is 13.8. The molecule has 0 bridgehead atoms. The number of nitrogens with one attached hydrogen (secondary N) is 2. The third-order valence-electron chi connectivity index (χ3n) is 7.40. The fourth-order valence-electron chi connectivity index (χ4n) is 5.33. The van der Waals surface area contributed by atoms with Gasteiger partial charge in [-0.25, -0.2) is 13.4 Å². The van der Waals surface area contributed by atoms with Crippen LogP contribution in [0.2, 0.25) is 0 Å². The molecule has 208 valence electrons. The van der Waals surface area contributed by atoms with Gasteiger partial charge in [-0.05, 0) is 74.0 Å². The molecule has 0 spiro atoms. The second-order valence-electron chi connectivity index (χ2n) is 10.4. The van der Waals surface area contributed by atoms with E-state index in [-0.39, 0.29) is 10.8 Å². The molecule has 5 aromatic rings. The van der Waals surface area contributed by atoms with E-state index >= 15 is 0 Å². The number of rotatable bonds is 8. The van der Waals surface area contributed by atoms with Gasteiger partial charge in [0, 0.05) is 28.7 Å². The standard InChI is InChI=1S/C33H32N4O3S/c38-33-31(29-22-28(18-19-30(29)35-33)41(39,40)36-27-12-6-2-7-13-27)32(25-10-4-1-5-11-25)34-26-16-14-24(15-17-26)23-37-20-8-3-9-21-37/h1-2,4-7,10-19,22,35-36,38H,3,8-9,20-21,23H2. The summed E-state index contributed by atoms with van der Waals surface area (Å²) in [5.41, 5.74) is 4.86. The number of hydrogen-bond donors (Lipinski definition) is 3. The average Bonchev–Trinajstić information content (AvgIpc) is 3.33. The first kappa shape index (κ1) is 26.8. The highest BCUT2D eigenvalue weighted by Gasteiger charge is 2.22. The van der Waals surface area contributed by atoms with Crippen LogP contribution < -0.4 is 4.72 Å². The van der Waals surface area contributed by atoms with Crippen LogP contribution in [0.15, 0.2) is 113 Å². The number of aromatic hydroxyl groups is 1. The summed E-state index contributed by atoms with van der Waals surface area (Å²) in [6.45, 7) is 3.19. The molecule has 0 amide bonds. The molecule has 0 unspecified atom stereocenters. The molecular weight excluding hydrogens is 532 g/mol. The quantitative estimate of drug-likeness (QED) is 0.180. The van der Waals surface area contributed by atoms with Crippen LogP contribution in [0.1, 0.15) is 36.0 Å². The molecule has 6 rings (SSSR count). The maximum absolute atomic E-state index is 13.3. The summed E-state index contributed by atoms with van der Waals surface area (Å²) in [4.78, 5) is 10.6. The smallest absolute Gasteiger partial charge is 0.261 e. The molecule has 0 aliphatic carbocycles. The van der Waals surface area contributed by atoms with E-state index in [1.165, 1.54) is 30.9 Å². The van der Waals surface area contributed by atoms with Crippen LogP contribution in [0, 0.1) is 0 Å². The van der Waals surface area contributed by atoms with Crippen LogP contribution in [-0.4, -0.2) is 42.2 Å². The second-order valence-corrected chi connectivity index (χ2v) is 12.0. The first-order valence-corrected chi connectivity index (χ1v) is 15.3. The average molecular weight is 565 g/mol. The molecule has 8 heteroatoms. The van der Waals surface area contributed by atoms with Gasteiger partial charge in [0.1, 0.15) is 0 Å². The van der Waals surface area contributed by atoms with Crippen LogP contribution >= 0.6 is 0 Å². The summed E-state index contributed by atoms with van der Waals surface area (Å²) in [7, 11) is -3.87. The van der Waals surface area contributed by atoms with Gasteiger partial charge in [-0.3, -0.25) is 9.62 Å². The number of nitrogens with zero attached hydrogens (tertiary/aromatic N) is 2. The molecule has 0 saturated carbocycles. The van der Waals surface area contributed by atoms with E-state index in [4.69, 9.17) is 4.99 Å². The van der Waals surface area contributed by atoms with Crippen molar-refractivity contribution >= 4 is 38.0 Å². The monoisotopic (exact) mass is 564 g/mol. The van der Waals surface area contributed by atoms with Gasteiger partial charge in [-0.2, -0.15) is 0 Å². The lowest BCUT2D eigenvalue weighted by molar-refractivity contribution is 0.221. The van der Waals surface area contributed by atoms with Gasteiger partial charge in [0.2, 0.25) is 0 Å². The molecule has 0 radical (unpaired) electrons. The molecule has 2 heterocycles. The zero-order chi connectivity index (χ0) is 28.2. The van der Waals surface area contributed by atoms with Crippen LogP contribution in [0.4, 0.5) is 11.4 Å². The number of benzene rings is 4. The van der Waals surface area contributed by atoms with Crippen molar-refractivity contribution < 1.29 is 13.5 Å². The van der Waals surface area contributed by atoms with E-state index in [0.29, 0.717) is 27.9 Å². The number of piperidine rings is 1. The number of fused-ring (bicyclic) bond motifs is 1. The Kier molecular flexibility index (Phi) is 7.59. The highest BCUT2D eigenvalue weighted by Crippen LogP contribution is 2.33. The number of aromatic nitrogens is 1. The summed E-state index contributed by atoms with van der Waals surface area (Å²) in [5.74, 6) is -0.0742. The van der Waals surface area contributed by atoms with Gasteiger partial charge in [-0.15, -0.1) is 0 Å². The molecule has 1 fully saturated rings. The molecule has 1 saturated heterocycles. The predicted molar refractivity (Wildman–Crippen MR) is 165 cm³/mol. The number of hydrogen-bond acceptors (Lipinski definition) is 5. The fourth-order valence-corrected chi connectivity index (χ4v) is 6.41. The van der Waals surface area contributed by atoms with Gasteiger partial charge in [0.05, 0.1) is 21.9 Å². The number of sulfonamides is 1. The Bertz CT molecular complexity index is 1780. The second kappa shape index (κ2) is 11.6. The van der Waals surface area contributed by atoms with Crippen molar-refractivity contribution in [3.8, 4) is 5.88 Å². The predicted octanol–water partition coefficient (Wildman–Crippen LogP) is 6.83. The number of aromatic amines is 1. The van der Waals surface area contributed by atoms with Crippen LogP contribution in [0.5, 0.6) is 5.88 Å². The summed E-state index contributed by atoms with van der Waals surface area (Å²) < 4.78 is 29.1. The normalized spacial score (nSPS) is 14.8. The summed E-state index contributed by atoms with van der Waals surface area (Å²) in [6.07, 6.45) is 3.81. The number of likely N-dealkylation sites (tertiary alicyclic amines) is 1. The largest absolute Gasteiger partial charge is 0.494 e. The highest BCUT2D eigenvalue weighted by molar-refractivity contribution is 7.92. The lowest BCUT2D eigenvalue weighted by Crippen LogP contribution is -2.28. The molecule has 41 heavy (non-hydrogen) atoms. The van der Waals surface area contributed by atoms with Gasteiger partial charge in [-0.1, -0.05) is 67.1 Å². The van der Waals surface area contributed by atoms with E-state index in [2.05, 4.69) is 26.7 Å². The zero-order valence-corrected chi connectivity index (χ0v) is 23.4. The highest BCUT2D eigenvalue weighted by atomic mass is 32.2. The third kappa shape index (κ3) is 6.04. The number of H-pyrrole nitrogens is 1. The van der Waals surface area contributed by atoms with Crippen LogP contribution in [-0.2, 0) is 16.6 Å². The number of aliphatic imine (C=N–C) groups is 1. The van der Waals surface area contributed by atoms with Crippen molar-refractivity contribution in [1.29, 1.82) is 0 Å². The van der Waals surface area contributed by atoms with Gasteiger partial charge in [0.25, 0.3) is 10.0 Å². The summed E-state index contributed by atoms with van der Waals surface area (Å²) in [5, 5.41) is 11.7. The van der Waals surface area contributed by atoms with Crippen molar-refractivity contribution in [2.75, 3.05) is 17.8 Å². The SMILES string of the molecule is O=S(=O)(Nc1ccccc1)c1ccc2[nH]c(O)c(C(=Nc3ccc(CN4CCCCC4)cc3)c3ccccc3)c2c1. The van der Waals surface area contributed by atoms with Crippen molar-refractivity contribution in [1.82, 2.24) is 9.88 Å². The first-order chi connectivity index (χ1) is 20.0.